The largest absolute Gasteiger partial charge is 0.325 e. The van der Waals surface area contributed by atoms with Crippen LogP contribution in [0.5, 0.6) is 0 Å². The molecule has 1 aromatic carbocycles. The molecule has 0 aromatic heterocycles. The van der Waals surface area contributed by atoms with E-state index in [-0.39, 0.29) is 11.7 Å². The summed E-state index contributed by atoms with van der Waals surface area (Å²) in [7, 11) is 0. The Labute approximate surface area is 155 Å². The zero-order valence-electron chi connectivity index (χ0n) is 15.4. The third kappa shape index (κ3) is 6.52. The minimum Gasteiger partial charge on any atom is -0.325 e. The molecule has 1 heterocycles. The number of nitrogens with one attached hydrogen (secondary N) is 3. The number of ketones is 1. The van der Waals surface area contributed by atoms with Gasteiger partial charge in [0.15, 0.2) is 5.78 Å². The number of benzene rings is 1. The summed E-state index contributed by atoms with van der Waals surface area (Å²) in [5.41, 5.74) is 1.30. The molecule has 3 N–H and O–H groups in total. The fraction of sp³-hybridized carbons (Fsp3) is 0.600. The van der Waals surface area contributed by atoms with E-state index in [9.17, 15) is 9.59 Å². The molecule has 2 aliphatic rings. The number of carbonyl (C=O) groups is 2. The second-order valence-corrected chi connectivity index (χ2v) is 7.29. The predicted molar refractivity (Wildman–Crippen MR) is 104 cm³/mol. The lowest BCUT2D eigenvalue weighted by Crippen LogP contribution is -2.37. The number of nitrogens with zero attached hydrogens (tertiary/aromatic N) is 1. The topological polar surface area (TPSA) is 73.5 Å². The predicted octanol–water partition coefficient (Wildman–Crippen LogP) is 1.64. The van der Waals surface area contributed by atoms with Crippen LogP contribution >= 0.6 is 0 Å². The summed E-state index contributed by atoms with van der Waals surface area (Å²) in [5, 5.41) is 9.27. The van der Waals surface area contributed by atoms with Gasteiger partial charge in [0.25, 0.3) is 0 Å². The first-order valence-corrected chi connectivity index (χ1v) is 9.80. The molecule has 6 nitrogen and oxygen atoms in total. The van der Waals surface area contributed by atoms with Crippen LogP contribution in [0.3, 0.4) is 0 Å². The van der Waals surface area contributed by atoms with Gasteiger partial charge < -0.3 is 20.9 Å². The van der Waals surface area contributed by atoms with E-state index in [0.717, 1.165) is 25.9 Å². The highest BCUT2D eigenvalue weighted by atomic mass is 16.2. The first-order chi connectivity index (χ1) is 12.7. The molecule has 0 bridgehead atoms. The van der Waals surface area contributed by atoms with Crippen molar-refractivity contribution in [2.75, 3.05) is 44.6 Å². The quantitative estimate of drug-likeness (QED) is 0.438. The lowest BCUT2D eigenvalue weighted by atomic mass is 10.1. The molecule has 1 aliphatic carbocycles. The summed E-state index contributed by atoms with van der Waals surface area (Å²) in [5.74, 6) is -0.0167. The molecule has 142 valence electrons. The van der Waals surface area contributed by atoms with Crippen LogP contribution in [0.2, 0.25) is 0 Å². The Morgan fingerprint density at radius 2 is 1.88 bits per heavy atom. The lowest BCUT2D eigenvalue weighted by Gasteiger charge is -2.26. The normalized spacial score (nSPS) is 17.8. The SMILES string of the molecule is O=C(CNC1CC1)Nc1cccc(C(=O)CNCCN2CCCCC2)c1. The maximum Gasteiger partial charge on any atom is 0.238 e. The summed E-state index contributed by atoms with van der Waals surface area (Å²) < 4.78 is 0. The molecule has 0 spiro atoms. The summed E-state index contributed by atoms with van der Waals surface area (Å²) in [4.78, 5) is 26.7. The van der Waals surface area contributed by atoms with Crippen molar-refractivity contribution in [1.82, 2.24) is 15.5 Å². The average Bonchev–Trinajstić information content (AvgIpc) is 3.49. The Balaban J connectivity index is 1.38. The second-order valence-electron chi connectivity index (χ2n) is 7.29. The van der Waals surface area contributed by atoms with Gasteiger partial charge >= 0.3 is 0 Å². The molecular formula is C20H30N4O2. The van der Waals surface area contributed by atoms with Gasteiger partial charge in [0.05, 0.1) is 13.1 Å². The van der Waals surface area contributed by atoms with Crippen molar-refractivity contribution in [3.8, 4) is 0 Å². The molecule has 1 saturated heterocycles. The van der Waals surface area contributed by atoms with Crippen LogP contribution < -0.4 is 16.0 Å². The van der Waals surface area contributed by atoms with Gasteiger partial charge in [-0.15, -0.1) is 0 Å². The van der Waals surface area contributed by atoms with E-state index in [2.05, 4.69) is 20.9 Å². The Bertz CT molecular complexity index is 610. The number of hydrogen-bond acceptors (Lipinski definition) is 5. The zero-order valence-corrected chi connectivity index (χ0v) is 15.4. The Morgan fingerprint density at radius 3 is 2.65 bits per heavy atom. The van der Waals surface area contributed by atoms with Crippen LogP contribution in [0, 0.1) is 0 Å². The standard InChI is InChI=1S/C20H30N4O2/c25-19(14-21-9-12-24-10-2-1-3-11-24)16-5-4-6-18(13-16)23-20(26)15-22-17-7-8-17/h4-6,13,17,21-22H,1-3,7-12,14-15H2,(H,23,26). The van der Waals surface area contributed by atoms with E-state index in [1.165, 1.54) is 32.4 Å². The Kier molecular flexibility index (Phi) is 7.17. The highest BCUT2D eigenvalue weighted by molar-refractivity contribution is 5.99. The third-order valence-electron chi connectivity index (χ3n) is 4.94. The minimum absolute atomic E-state index is 0.0517. The first kappa shape index (κ1) is 19.0. The maximum absolute atomic E-state index is 12.4. The highest BCUT2D eigenvalue weighted by Crippen LogP contribution is 2.18. The van der Waals surface area contributed by atoms with Gasteiger partial charge in [-0.3, -0.25) is 9.59 Å². The number of anilines is 1. The van der Waals surface area contributed by atoms with Crippen LogP contribution in [0.4, 0.5) is 5.69 Å². The average molecular weight is 358 g/mol. The van der Waals surface area contributed by atoms with E-state index < -0.39 is 0 Å². The van der Waals surface area contributed by atoms with Gasteiger partial charge in [0.1, 0.15) is 0 Å². The summed E-state index contributed by atoms with van der Waals surface area (Å²) in [6.07, 6.45) is 6.22. The molecular weight excluding hydrogens is 328 g/mol. The molecule has 1 aliphatic heterocycles. The van der Waals surface area contributed by atoms with Gasteiger partial charge in [0, 0.05) is 30.4 Å². The number of hydrogen-bond donors (Lipinski definition) is 3. The second kappa shape index (κ2) is 9.80. The number of Topliss-reactive ketones (excluding diaryl/α,β-unsaturated/α-hetero) is 1. The van der Waals surface area contributed by atoms with Crippen molar-refractivity contribution < 1.29 is 9.59 Å². The van der Waals surface area contributed by atoms with E-state index in [1.54, 1.807) is 12.1 Å². The molecule has 0 atom stereocenters. The number of carbonyl (C=O) groups excluding carboxylic acids is 2. The minimum atomic E-state index is -0.0684. The first-order valence-electron chi connectivity index (χ1n) is 9.80. The Hall–Kier alpha value is -1.76. The van der Waals surface area contributed by atoms with Gasteiger partial charge in [-0.2, -0.15) is 0 Å². The highest BCUT2D eigenvalue weighted by Gasteiger charge is 2.21. The summed E-state index contributed by atoms with van der Waals surface area (Å²) >= 11 is 0. The number of piperidine rings is 1. The number of amides is 1. The molecule has 3 rings (SSSR count). The van der Waals surface area contributed by atoms with Gasteiger partial charge in [-0.1, -0.05) is 18.6 Å². The molecule has 0 unspecified atom stereocenters. The molecule has 1 saturated carbocycles. The lowest BCUT2D eigenvalue weighted by molar-refractivity contribution is -0.115. The van der Waals surface area contributed by atoms with Gasteiger partial charge in [-0.25, -0.2) is 0 Å². The maximum atomic E-state index is 12.4. The fourth-order valence-electron chi connectivity index (χ4n) is 3.22. The van der Waals surface area contributed by atoms with Crippen LogP contribution in [-0.4, -0.2) is 61.9 Å². The molecule has 1 amide bonds. The van der Waals surface area contributed by atoms with Crippen LogP contribution in [0.25, 0.3) is 0 Å². The molecule has 26 heavy (non-hydrogen) atoms. The van der Waals surface area contributed by atoms with E-state index >= 15 is 0 Å². The van der Waals surface area contributed by atoms with E-state index in [0.29, 0.717) is 30.4 Å². The fourth-order valence-corrected chi connectivity index (χ4v) is 3.22. The van der Waals surface area contributed by atoms with Crippen molar-refractivity contribution in [2.45, 2.75) is 38.1 Å². The van der Waals surface area contributed by atoms with Gasteiger partial charge in [-0.05, 0) is 50.9 Å². The van der Waals surface area contributed by atoms with E-state index in [4.69, 9.17) is 0 Å². The van der Waals surface area contributed by atoms with Gasteiger partial charge in [0.2, 0.25) is 5.91 Å². The van der Waals surface area contributed by atoms with Crippen LogP contribution in [0.1, 0.15) is 42.5 Å². The van der Waals surface area contributed by atoms with Crippen molar-refractivity contribution in [2.24, 2.45) is 0 Å². The summed E-state index contributed by atoms with van der Waals surface area (Å²) in [6.45, 7) is 4.82. The van der Waals surface area contributed by atoms with Crippen molar-refractivity contribution in [3.05, 3.63) is 29.8 Å². The molecule has 0 radical (unpaired) electrons. The van der Waals surface area contributed by atoms with Crippen molar-refractivity contribution in [3.63, 3.8) is 0 Å². The monoisotopic (exact) mass is 358 g/mol. The van der Waals surface area contributed by atoms with Crippen LogP contribution in [0.15, 0.2) is 24.3 Å². The van der Waals surface area contributed by atoms with Crippen molar-refractivity contribution in [1.29, 1.82) is 0 Å². The number of likely N-dealkylation sites (tertiary alicyclic amines) is 1. The molecule has 1 aromatic rings. The van der Waals surface area contributed by atoms with Crippen molar-refractivity contribution >= 4 is 17.4 Å². The van der Waals surface area contributed by atoms with Crippen LogP contribution in [-0.2, 0) is 4.79 Å². The molecule has 6 heteroatoms. The smallest absolute Gasteiger partial charge is 0.238 e. The zero-order chi connectivity index (χ0) is 18.2. The Morgan fingerprint density at radius 1 is 1.08 bits per heavy atom. The molecule has 2 fully saturated rings. The third-order valence-corrected chi connectivity index (χ3v) is 4.94. The summed E-state index contributed by atoms with van der Waals surface area (Å²) in [6, 6.07) is 7.68. The number of rotatable bonds is 10. The van der Waals surface area contributed by atoms with E-state index in [1.807, 2.05) is 12.1 Å².